The summed E-state index contributed by atoms with van der Waals surface area (Å²) in [7, 11) is 0. The maximum atomic E-state index is 13.9. The maximum absolute atomic E-state index is 13.9. The summed E-state index contributed by atoms with van der Waals surface area (Å²) in [6.45, 7) is 0.133. The van der Waals surface area contributed by atoms with Crippen molar-refractivity contribution in [1.29, 1.82) is 0 Å². The van der Waals surface area contributed by atoms with E-state index < -0.39 is 17.8 Å². The standard InChI is InChI=1S/C13H15FN4O3/c14-9-5-7(12(15)18-21)1-2-8(9)6-16-10-3-4-11(19)17-13(10)20/h1-2,5,10,16,21H,3-4,6H2,(H2,15,18)(H,17,19,20). The van der Waals surface area contributed by atoms with Crippen LogP contribution < -0.4 is 16.4 Å². The zero-order valence-electron chi connectivity index (χ0n) is 11.1. The van der Waals surface area contributed by atoms with E-state index in [2.05, 4.69) is 15.8 Å². The van der Waals surface area contributed by atoms with Crippen LogP contribution in [0.4, 0.5) is 4.39 Å². The van der Waals surface area contributed by atoms with Crippen LogP contribution in [0, 0.1) is 5.82 Å². The zero-order valence-corrected chi connectivity index (χ0v) is 11.1. The van der Waals surface area contributed by atoms with Gasteiger partial charge < -0.3 is 16.3 Å². The minimum absolute atomic E-state index is 0.133. The molecule has 1 saturated heterocycles. The number of carbonyl (C=O) groups excluding carboxylic acids is 2. The van der Waals surface area contributed by atoms with E-state index in [1.54, 1.807) is 0 Å². The largest absolute Gasteiger partial charge is 0.409 e. The molecule has 1 unspecified atom stereocenters. The Morgan fingerprint density at radius 2 is 2.29 bits per heavy atom. The second-order valence-corrected chi connectivity index (χ2v) is 4.68. The molecule has 1 aromatic rings. The third-order valence-corrected chi connectivity index (χ3v) is 3.23. The lowest BCUT2D eigenvalue weighted by Gasteiger charge is -2.22. The number of imide groups is 1. The number of halogens is 1. The Morgan fingerprint density at radius 1 is 1.52 bits per heavy atom. The quantitative estimate of drug-likeness (QED) is 0.202. The van der Waals surface area contributed by atoms with Gasteiger partial charge in [0.2, 0.25) is 11.8 Å². The Hall–Kier alpha value is -2.48. The van der Waals surface area contributed by atoms with Crippen molar-refractivity contribution in [3.8, 4) is 0 Å². The van der Waals surface area contributed by atoms with Gasteiger partial charge in [-0.3, -0.25) is 14.9 Å². The summed E-state index contributed by atoms with van der Waals surface area (Å²) in [5.41, 5.74) is 5.97. The first kappa shape index (κ1) is 14.9. The number of carbonyl (C=O) groups is 2. The second kappa shape index (κ2) is 6.31. The minimum Gasteiger partial charge on any atom is -0.409 e. The van der Waals surface area contributed by atoms with Gasteiger partial charge in [0, 0.05) is 24.1 Å². The Bertz CT molecular complexity index is 603. The summed E-state index contributed by atoms with van der Waals surface area (Å²) in [6, 6.07) is 3.63. The molecule has 1 aliphatic rings. The van der Waals surface area contributed by atoms with Crippen molar-refractivity contribution in [3.05, 3.63) is 35.1 Å². The molecule has 2 amide bonds. The highest BCUT2D eigenvalue weighted by Crippen LogP contribution is 2.12. The molecule has 0 aliphatic carbocycles. The lowest BCUT2D eigenvalue weighted by Crippen LogP contribution is -2.50. The van der Waals surface area contributed by atoms with Crippen molar-refractivity contribution in [2.45, 2.75) is 25.4 Å². The van der Waals surface area contributed by atoms with Crippen LogP contribution in [0.2, 0.25) is 0 Å². The van der Waals surface area contributed by atoms with E-state index in [4.69, 9.17) is 10.9 Å². The normalized spacial score (nSPS) is 19.5. The molecule has 0 aromatic heterocycles. The number of nitrogens with zero attached hydrogens (tertiary/aromatic N) is 1. The van der Waals surface area contributed by atoms with Gasteiger partial charge in [-0.05, 0) is 12.5 Å². The summed E-state index contributed by atoms with van der Waals surface area (Å²) in [5, 5.41) is 16.4. The molecule has 0 radical (unpaired) electrons. The van der Waals surface area contributed by atoms with Gasteiger partial charge in [-0.1, -0.05) is 17.3 Å². The predicted octanol–water partition coefficient (Wildman–Crippen LogP) is -0.185. The van der Waals surface area contributed by atoms with Crippen molar-refractivity contribution in [2.75, 3.05) is 0 Å². The van der Waals surface area contributed by atoms with Gasteiger partial charge >= 0.3 is 0 Å². The first-order valence-electron chi connectivity index (χ1n) is 6.34. The first-order chi connectivity index (χ1) is 10.0. The first-order valence-corrected chi connectivity index (χ1v) is 6.34. The van der Waals surface area contributed by atoms with E-state index in [0.29, 0.717) is 12.0 Å². The van der Waals surface area contributed by atoms with Gasteiger partial charge in [-0.15, -0.1) is 0 Å². The number of hydrogen-bond acceptors (Lipinski definition) is 5. The van der Waals surface area contributed by atoms with Crippen molar-refractivity contribution >= 4 is 17.6 Å². The lowest BCUT2D eigenvalue weighted by atomic mass is 10.1. The van der Waals surface area contributed by atoms with E-state index in [9.17, 15) is 14.0 Å². The molecule has 0 spiro atoms. The van der Waals surface area contributed by atoms with Crippen LogP contribution in [0.1, 0.15) is 24.0 Å². The van der Waals surface area contributed by atoms with E-state index in [1.165, 1.54) is 12.1 Å². The molecule has 112 valence electrons. The van der Waals surface area contributed by atoms with Crippen molar-refractivity contribution in [3.63, 3.8) is 0 Å². The van der Waals surface area contributed by atoms with Gasteiger partial charge in [0.25, 0.3) is 0 Å². The Labute approximate surface area is 120 Å². The summed E-state index contributed by atoms with van der Waals surface area (Å²) < 4.78 is 13.9. The molecule has 1 atom stereocenters. The van der Waals surface area contributed by atoms with E-state index in [-0.39, 0.29) is 30.3 Å². The zero-order chi connectivity index (χ0) is 15.4. The minimum atomic E-state index is -0.529. The molecule has 8 heteroatoms. The number of nitrogens with two attached hydrogens (primary N) is 1. The molecule has 1 aromatic carbocycles. The Balaban J connectivity index is 2.00. The van der Waals surface area contributed by atoms with Crippen LogP contribution >= 0.6 is 0 Å². The van der Waals surface area contributed by atoms with Crippen molar-refractivity contribution in [2.24, 2.45) is 10.9 Å². The van der Waals surface area contributed by atoms with Gasteiger partial charge in [-0.2, -0.15) is 0 Å². The third kappa shape index (κ3) is 3.54. The Kier molecular flexibility index (Phi) is 4.49. The molecular weight excluding hydrogens is 279 g/mol. The van der Waals surface area contributed by atoms with Crippen LogP contribution in [0.5, 0.6) is 0 Å². The number of piperidine rings is 1. The van der Waals surface area contributed by atoms with Crippen LogP contribution in [-0.2, 0) is 16.1 Å². The molecule has 0 bridgehead atoms. The fraction of sp³-hybridized carbons (Fsp3) is 0.308. The molecule has 2 rings (SSSR count). The smallest absolute Gasteiger partial charge is 0.243 e. The summed E-state index contributed by atoms with van der Waals surface area (Å²) in [4.78, 5) is 22.6. The summed E-state index contributed by atoms with van der Waals surface area (Å²) >= 11 is 0. The molecule has 5 N–H and O–H groups in total. The predicted molar refractivity (Wildman–Crippen MR) is 71.9 cm³/mol. The van der Waals surface area contributed by atoms with Crippen LogP contribution in [0.3, 0.4) is 0 Å². The van der Waals surface area contributed by atoms with E-state index >= 15 is 0 Å². The Morgan fingerprint density at radius 3 is 2.90 bits per heavy atom. The highest BCUT2D eigenvalue weighted by molar-refractivity contribution is 6.00. The van der Waals surface area contributed by atoms with Crippen molar-refractivity contribution in [1.82, 2.24) is 10.6 Å². The number of oxime groups is 1. The average molecular weight is 294 g/mol. The second-order valence-electron chi connectivity index (χ2n) is 4.68. The number of amidine groups is 1. The lowest BCUT2D eigenvalue weighted by molar-refractivity contribution is -0.134. The van der Waals surface area contributed by atoms with Gasteiger partial charge in [0.1, 0.15) is 5.82 Å². The number of benzene rings is 1. The SMILES string of the molecule is NC(=NO)c1ccc(CNC2CCC(=O)NC2=O)c(F)c1. The highest BCUT2D eigenvalue weighted by atomic mass is 19.1. The van der Waals surface area contributed by atoms with E-state index in [0.717, 1.165) is 6.07 Å². The third-order valence-electron chi connectivity index (χ3n) is 3.23. The highest BCUT2D eigenvalue weighted by Gasteiger charge is 2.26. The summed E-state index contributed by atoms with van der Waals surface area (Å²) in [5.74, 6) is -1.41. The summed E-state index contributed by atoms with van der Waals surface area (Å²) in [6.07, 6.45) is 0.642. The number of amides is 2. The monoisotopic (exact) mass is 294 g/mol. The molecule has 1 aliphatic heterocycles. The fourth-order valence-electron chi connectivity index (χ4n) is 2.03. The maximum Gasteiger partial charge on any atom is 0.243 e. The number of nitrogens with one attached hydrogen (secondary N) is 2. The fourth-order valence-corrected chi connectivity index (χ4v) is 2.03. The van der Waals surface area contributed by atoms with Crippen LogP contribution in [0.25, 0.3) is 0 Å². The molecule has 1 heterocycles. The topological polar surface area (TPSA) is 117 Å². The average Bonchev–Trinajstić information content (AvgIpc) is 2.46. The molecule has 0 saturated carbocycles. The van der Waals surface area contributed by atoms with Gasteiger partial charge in [0.05, 0.1) is 6.04 Å². The number of rotatable bonds is 4. The van der Waals surface area contributed by atoms with Gasteiger partial charge in [-0.25, -0.2) is 4.39 Å². The molecule has 1 fully saturated rings. The number of hydrogen-bond donors (Lipinski definition) is 4. The molecular formula is C13H15FN4O3. The van der Waals surface area contributed by atoms with Gasteiger partial charge in [0.15, 0.2) is 5.84 Å². The molecule has 21 heavy (non-hydrogen) atoms. The van der Waals surface area contributed by atoms with Crippen LogP contribution in [0.15, 0.2) is 23.4 Å². The molecule has 7 nitrogen and oxygen atoms in total. The van der Waals surface area contributed by atoms with E-state index in [1.807, 2.05) is 0 Å². The van der Waals surface area contributed by atoms with Crippen molar-refractivity contribution < 1.29 is 19.2 Å². The van der Waals surface area contributed by atoms with Crippen LogP contribution in [-0.4, -0.2) is 28.9 Å².